The number of methoxy groups -OCH3 is 1. The highest BCUT2D eigenvalue weighted by atomic mass is 16.5. The van der Waals surface area contributed by atoms with Crippen LogP contribution in [0.1, 0.15) is 19.8 Å². The van der Waals surface area contributed by atoms with Crippen LogP contribution in [-0.2, 0) is 16.1 Å². The first kappa shape index (κ1) is 15.2. The van der Waals surface area contributed by atoms with Crippen molar-refractivity contribution in [3.63, 3.8) is 0 Å². The molecule has 1 atom stereocenters. The maximum Gasteiger partial charge on any atom is 0.306 e. The number of aryl methyl sites for hydroxylation is 1. The van der Waals surface area contributed by atoms with Crippen molar-refractivity contribution in [1.29, 1.82) is 0 Å². The van der Waals surface area contributed by atoms with E-state index in [1.54, 1.807) is 17.0 Å². The van der Waals surface area contributed by atoms with Gasteiger partial charge < -0.3 is 19.7 Å². The number of anilines is 1. The van der Waals surface area contributed by atoms with Crippen molar-refractivity contribution in [2.45, 2.75) is 32.4 Å². The molecule has 1 aromatic rings. The molecule has 0 spiro atoms. The minimum atomic E-state index is -0.946. The number of carboxylic acid groups (broad SMARTS) is 1. The SMILES string of the molecule is CCCn1ccnc(NCC(CC(=O)O)OC)c1=O. The molecule has 2 N–H and O–H groups in total. The van der Waals surface area contributed by atoms with Gasteiger partial charge in [0.1, 0.15) is 0 Å². The molecule has 0 saturated carbocycles. The molecule has 7 nitrogen and oxygen atoms in total. The standard InChI is InChI=1S/C12H19N3O4/c1-3-5-15-6-4-13-11(12(15)18)14-8-9(19-2)7-10(16)17/h4,6,9H,3,5,7-8H2,1-2H3,(H,13,14)(H,16,17). The van der Waals surface area contributed by atoms with Gasteiger partial charge in [-0.2, -0.15) is 0 Å². The Balaban J connectivity index is 2.69. The second kappa shape index (κ2) is 7.52. The maximum absolute atomic E-state index is 12.0. The molecule has 0 aliphatic rings. The lowest BCUT2D eigenvalue weighted by Crippen LogP contribution is -2.30. The number of carboxylic acids is 1. The highest BCUT2D eigenvalue weighted by Crippen LogP contribution is 2.00. The fourth-order valence-electron chi connectivity index (χ4n) is 1.63. The summed E-state index contributed by atoms with van der Waals surface area (Å²) < 4.78 is 6.58. The smallest absolute Gasteiger partial charge is 0.306 e. The van der Waals surface area contributed by atoms with Crippen LogP contribution in [-0.4, -0.2) is 40.4 Å². The summed E-state index contributed by atoms with van der Waals surface area (Å²) in [5, 5.41) is 11.5. The fraction of sp³-hybridized carbons (Fsp3) is 0.583. The molecule has 19 heavy (non-hydrogen) atoms. The molecule has 0 aromatic carbocycles. The van der Waals surface area contributed by atoms with Gasteiger partial charge in [-0.3, -0.25) is 9.59 Å². The fourth-order valence-corrected chi connectivity index (χ4v) is 1.63. The van der Waals surface area contributed by atoms with Crippen LogP contribution in [0.4, 0.5) is 5.82 Å². The molecule has 0 radical (unpaired) electrons. The topological polar surface area (TPSA) is 93.5 Å². The largest absolute Gasteiger partial charge is 0.481 e. The third-order valence-electron chi connectivity index (χ3n) is 2.61. The van der Waals surface area contributed by atoms with Gasteiger partial charge in [0.05, 0.1) is 12.5 Å². The second-order valence-electron chi connectivity index (χ2n) is 4.11. The molecule has 0 aliphatic heterocycles. The van der Waals surface area contributed by atoms with E-state index in [2.05, 4.69) is 10.3 Å². The molecular formula is C12H19N3O4. The molecule has 1 unspecified atom stereocenters. The van der Waals surface area contributed by atoms with Crippen LogP contribution in [0.5, 0.6) is 0 Å². The van der Waals surface area contributed by atoms with Crippen molar-refractivity contribution in [2.24, 2.45) is 0 Å². The van der Waals surface area contributed by atoms with Crippen LogP contribution in [0, 0.1) is 0 Å². The Bertz CT molecular complexity index is 472. The molecule has 1 aromatic heterocycles. The van der Waals surface area contributed by atoms with Gasteiger partial charge in [0, 0.05) is 32.6 Å². The van der Waals surface area contributed by atoms with Gasteiger partial charge in [-0.1, -0.05) is 6.92 Å². The van der Waals surface area contributed by atoms with Gasteiger partial charge in [0.25, 0.3) is 5.56 Å². The normalized spacial score (nSPS) is 12.1. The van der Waals surface area contributed by atoms with Gasteiger partial charge in [-0.25, -0.2) is 4.98 Å². The third-order valence-corrected chi connectivity index (χ3v) is 2.61. The van der Waals surface area contributed by atoms with Crippen LogP contribution in [0.3, 0.4) is 0 Å². The molecule has 1 heterocycles. The predicted molar refractivity (Wildman–Crippen MR) is 70.3 cm³/mol. The van der Waals surface area contributed by atoms with E-state index in [9.17, 15) is 9.59 Å². The van der Waals surface area contributed by atoms with E-state index in [1.165, 1.54) is 7.11 Å². The van der Waals surface area contributed by atoms with Crippen LogP contribution in [0.2, 0.25) is 0 Å². The molecule has 7 heteroatoms. The molecule has 0 saturated heterocycles. The van der Waals surface area contributed by atoms with Crippen LogP contribution in [0.25, 0.3) is 0 Å². The average molecular weight is 269 g/mol. The summed E-state index contributed by atoms with van der Waals surface area (Å²) in [4.78, 5) is 26.5. The lowest BCUT2D eigenvalue weighted by molar-refractivity contribution is -0.139. The lowest BCUT2D eigenvalue weighted by atomic mass is 10.2. The van der Waals surface area contributed by atoms with E-state index in [1.807, 2.05) is 6.92 Å². The van der Waals surface area contributed by atoms with E-state index >= 15 is 0 Å². The summed E-state index contributed by atoms with van der Waals surface area (Å²) in [6.45, 7) is 2.83. The summed E-state index contributed by atoms with van der Waals surface area (Å²) in [7, 11) is 1.43. The predicted octanol–water partition coefficient (Wildman–Crippen LogP) is 0.555. The van der Waals surface area contributed by atoms with E-state index < -0.39 is 12.1 Å². The molecule has 0 bridgehead atoms. The summed E-state index contributed by atoms with van der Waals surface area (Å²) >= 11 is 0. The zero-order valence-electron chi connectivity index (χ0n) is 11.1. The van der Waals surface area contributed by atoms with E-state index in [4.69, 9.17) is 9.84 Å². The lowest BCUT2D eigenvalue weighted by Gasteiger charge is -2.14. The highest BCUT2D eigenvalue weighted by Gasteiger charge is 2.13. The monoisotopic (exact) mass is 269 g/mol. The maximum atomic E-state index is 12.0. The first-order valence-corrected chi connectivity index (χ1v) is 6.12. The van der Waals surface area contributed by atoms with Gasteiger partial charge in [-0.05, 0) is 6.42 Å². The first-order chi connectivity index (χ1) is 9.08. The zero-order valence-corrected chi connectivity index (χ0v) is 11.1. The molecule has 0 amide bonds. The summed E-state index contributed by atoms with van der Waals surface area (Å²) in [6.07, 6.45) is 3.39. The summed E-state index contributed by atoms with van der Waals surface area (Å²) in [6, 6.07) is 0. The third kappa shape index (κ3) is 4.70. The first-order valence-electron chi connectivity index (χ1n) is 6.12. The summed E-state index contributed by atoms with van der Waals surface area (Å²) in [5.41, 5.74) is -0.213. The van der Waals surface area contributed by atoms with Crippen molar-refractivity contribution < 1.29 is 14.6 Å². The molecule has 1 rings (SSSR count). The molecule has 0 fully saturated rings. The number of hydrogen-bond donors (Lipinski definition) is 2. The number of ether oxygens (including phenoxy) is 1. The zero-order chi connectivity index (χ0) is 14.3. The minimum Gasteiger partial charge on any atom is -0.481 e. The Hall–Kier alpha value is -1.89. The Morgan fingerprint density at radius 1 is 1.63 bits per heavy atom. The van der Waals surface area contributed by atoms with Crippen molar-refractivity contribution >= 4 is 11.8 Å². The second-order valence-corrected chi connectivity index (χ2v) is 4.11. The highest BCUT2D eigenvalue weighted by molar-refractivity contribution is 5.67. The summed E-state index contributed by atoms with van der Waals surface area (Å²) in [5.74, 6) is -0.735. The number of nitrogens with one attached hydrogen (secondary N) is 1. The number of nitrogens with zero attached hydrogens (tertiary/aromatic N) is 2. The van der Waals surface area contributed by atoms with Gasteiger partial charge in [0.15, 0.2) is 5.82 Å². The van der Waals surface area contributed by atoms with Gasteiger partial charge in [-0.15, -0.1) is 0 Å². The van der Waals surface area contributed by atoms with Crippen LogP contribution >= 0.6 is 0 Å². The van der Waals surface area contributed by atoms with Crippen molar-refractivity contribution in [1.82, 2.24) is 9.55 Å². The number of aliphatic carboxylic acids is 1. The minimum absolute atomic E-state index is 0.126. The molecule has 106 valence electrons. The van der Waals surface area contributed by atoms with Crippen molar-refractivity contribution in [3.8, 4) is 0 Å². The Labute approximate surface area is 111 Å². The number of hydrogen-bond acceptors (Lipinski definition) is 5. The van der Waals surface area contributed by atoms with Gasteiger partial charge >= 0.3 is 5.97 Å². The van der Waals surface area contributed by atoms with Gasteiger partial charge in [0.2, 0.25) is 0 Å². The van der Waals surface area contributed by atoms with E-state index in [0.717, 1.165) is 6.42 Å². The Kier molecular flexibility index (Phi) is 6.01. The van der Waals surface area contributed by atoms with E-state index in [0.29, 0.717) is 6.54 Å². The van der Waals surface area contributed by atoms with E-state index in [-0.39, 0.29) is 24.3 Å². The van der Waals surface area contributed by atoms with Crippen molar-refractivity contribution in [3.05, 3.63) is 22.7 Å². The average Bonchev–Trinajstić information content (AvgIpc) is 2.38. The quantitative estimate of drug-likeness (QED) is 0.716. The Morgan fingerprint density at radius 2 is 2.37 bits per heavy atom. The molecular weight excluding hydrogens is 250 g/mol. The van der Waals surface area contributed by atoms with Crippen LogP contribution in [0.15, 0.2) is 17.2 Å². The Morgan fingerprint density at radius 3 is 2.95 bits per heavy atom. The molecule has 0 aliphatic carbocycles. The van der Waals surface area contributed by atoms with Crippen molar-refractivity contribution in [2.75, 3.05) is 19.0 Å². The number of rotatable bonds is 8. The van der Waals surface area contributed by atoms with Crippen LogP contribution < -0.4 is 10.9 Å². The number of carbonyl (C=O) groups is 1. The number of aromatic nitrogens is 2.